The summed E-state index contributed by atoms with van der Waals surface area (Å²) in [6.07, 6.45) is 0. The van der Waals surface area contributed by atoms with Gasteiger partial charge in [-0.05, 0) is 23.6 Å². The van der Waals surface area contributed by atoms with Crippen molar-refractivity contribution in [2.45, 2.75) is 0 Å². The van der Waals surface area contributed by atoms with Gasteiger partial charge in [0.1, 0.15) is 5.75 Å². The first-order valence-corrected chi connectivity index (χ1v) is 6.72. The average molecular weight is 277 g/mol. The standard InChI is InChI=1S/C18H15NO2/c1-21-17-12-5-4-10-15(17)18(20)19-16-11-6-8-13-7-2-3-9-14(13)16/h2-12H,1H3,(H,19,20). The maximum absolute atomic E-state index is 12.4. The van der Waals surface area contributed by atoms with E-state index >= 15 is 0 Å². The second-order valence-electron chi connectivity index (χ2n) is 4.68. The van der Waals surface area contributed by atoms with Crippen molar-refractivity contribution in [3.63, 3.8) is 0 Å². The molecule has 1 amide bonds. The minimum atomic E-state index is -0.177. The monoisotopic (exact) mass is 277 g/mol. The first-order chi connectivity index (χ1) is 10.3. The number of amides is 1. The van der Waals surface area contributed by atoms with Crippen molar-refractivity contribution >= 4 is 22.4 Å². The highest BCUT2D eigenvalue weighted by Gasteiger charge is 2.12. The number of methoxy groups -OCH3 is 1. The molecule has 3 nitrogen and oxygen atoms in total. The van der Waals surface area contributed by atoms with Gasteiger partial charge in [0.15, 0.2) is 0 Å². The van der Waals surface area contributed by atoms with Crippen LogP contribution >= 0.6 is 0 Å². The molecule has 0 bridgehead atoms. The molecule has 104 valence electrons. The summed E-state index contributed by atoms with van der Waals surface area (Å²) >= 11 is 0. The molecule has 0 spiro atoms. The van der Waals surface area contributed by atoms with E-state index in [4.69, 9.17) is 4.74 Å². The van der Waals surface area contributed by atoms with Crippen LogP contribution < -0.4 is 10.1 Å². The Hall–Kier alpha value is -2.81. The second-order valence-corrected chi connectivity index (χ2v) is 4.68. The predicted octanol–water partition coefficient (Wildman–Crippen LogP) is 4.10. The van der Waals surface area contributed by atoms with Crippen molar-refractivity contribution in [1.29, 1.82) is 0 Å². The van der Waals surface area contributed by atoms with Crippen molar-refractivity contribution in [3.05, 3.63) is 72.3 Å². The minimum absolute atomic E-state index is 0.177. The van der Waals surface area contributed by atoms with Gasteiger partial charge in [0.05, 0.1) is 12.7 Å². The molecule has 3 rings (SSSR count). The number of rotatable bonds is 3. The van der Waals surface area contributed by atoms with Crippen LogP contribution in [0.25, 0.3) is 10.8 Å². The van der Waals surface area contributed by atoms with Crippen LogP contribution in [-0.2, 0) is 0 Å². The van der Waals surface area contributed by atoms with E-state index in [1.165, 1.54) is 0 Å². The highest BCUT2D eigenvalue weighted by molar-refractivity contribution is 6.10. The Morgan fingerprint density at radius 1 is 0.905 bits per heavy atom. The van der Waals surface area contributed by atoms with E-state index in [-0.39, 0.29) is 5.91 Å². The van der Waals surface area contributed by atoms with Crippen LogP contribution in [0, 0.1) is 0 Å². The molecule has 0 unspecified atom stereocenters. The zero-order valence-electron chi connectivity index (χ0n) is 11.7. The molecule has 3 heteroatoms. The topological polar surface area (TPSA) is 38.3 Å². The third-order valence-electron chi connectivity index (χ3n) is 3.39. The van der Waals surface area contributed by atoms with Crippen LogP contribution in [0.15, 0.2) is 66.7 Å². The highest BCUT2D eigenvalue weighted by Crippen LogP contribution is 2.25. The number of ether oxygens (including phenoxy) is 1. The lowest BCUT2D eigenvalue weighted by Gasteiger charge is -2.11. The second kappa shape index (κ2) is 5.67. The SMILES string of the molecule is COc1ccccc1C(=O)Nc1cccc2ccccc12. The van der Waals surface area contributed by atoms with Gasteiger partial charge in [0, 0.05) is 11.1 Å². The van der Waals surface area contributed by atoms with Gasteiger partial charge in [0.25, 0.3) is 5.91 Å². The van der Waals surface area contributed by atoms with Crippen LogP contribution in [0.3, 0.4) is 0 Å². The Morgan fingerprint density at radius 2 is 1.62 bits per heavy atom. The number of anilines is 1. The quantitative estimate of drug-likeness (QED) is 0.782. The molecule has 0 heterocycles. The summed E-state index contributed by atoms with van der Waals surface area (Å²) in [7, 11) is 1.56. The molecule has 21 heavy (non-hydrogen) atoms. The van der Waals surface area contributed by atoms with E-state index in [0.29, 0.717) is 11.3 Å². The summed E-state index contributed by atoms with van der Waals surface area (Å²) < 4.78 is 5.23. The number of carbonyl (C=O) groups excluding carboxylic acids is 1. The fourth-order valence-corrected chi connectivity index (χ4v) is 2.36. The molecule has 0 fully saturated rings. The maximum Gasteiger partial charge on any atom is 0.259 e. The van der Waals surface area contributed by atoms with Crippen LogP contribution in [-0.4, -0.2) is 13.0 Å². The summed E-state index contributed by atoms with van der Waals surface area (Å²) in [5, 5.41) is 5.07. The lowest BCUT2D eigenvalue weighted by atomic mass is 10.1. The number of hydrogen-bond donors (Lipinski definition) is 1. The molecule has 0 radical (unpaired) electrons. The number of para-hydroxylation sites is 1. The van der Waals surface area contributed by atoms with E-state index in [1.807, 2.05) is 54.6 Å². The lowest BCUT2D eigenvalue weighted by Crippen LogP contribution is -2.13. The Morgan fingerprint density at radius 3 is 2.48 bits per heavy atom. The van der Waals surface area contributed by atoms with Crippen molar-refractivity contribution in [2.75, 3.05) is 12.4 Å². The number of nitrogens with one attached hydrogen (secondary N) is 1. The molecule has 0 aliphatic rings. The van der Waals surface area contributed by atoms with Crippen LogP contribution in [0.2, 0.25) is 0 Å². The third-order valence-corrected chi connectivity index (χ3v) is 3.39. The predicted molar refractivity (Wildman–Crippen MR) is 84.9 cm³/mol. The first-order valence-electron chi connectivity index (χ1n) is 6.72. The fraction of sp³-hybridized carbons (Fsp3) is 0.0556. The number of benzene rings is 3. The van der Waals surface area contributed by atoms with Crippen molar-refractivity contribution < 1.29 is 9.53 Å². The summed E-state index contributed by atoms with van der Waals surface area (Å²) in [6.45, 7) is 0. The Labute approximate surface area is 123 Å². The van der Waals surface area contributed by atoms with Gasteiger partial charge in [-0.1, -0.05) is 48.5 Å². The van der Waals surface area contributed by atoms with E-state index < -0.39 is 0 Å². The van der Waals surface area contributed by atoms with Gasteiger partial charge in [0.2, 0.25) is 0 Å². The summed E-state index contributed by atoms with van der Waals surface area (Å²) in [4.78, 5) is 12.4. The van der Waals surface area contributed by atoms with Gasteiger partial charge < -0.3 is 10.1 Å². The van der Waals surface area contributed by atoms with Crippen LogP contribution in [0.5, 0.6) is 5.75 Å². The lowest BCUT2D eigenvalue weighted by molar-refractivity contribution is 0.102. The molecule has 0 saturated heterocycles. The molecule has 0 saturated carbocycles. The Bertz CT molecular complexity index is 791. The van der Waals surface area contributed by atoms with Gasteiger partial charge in [-0.25, -0.2) is 0 Å². The molecule has 3 aromatic rings. The summed E-state index contributed by atoms with van der Waals surface area (Å²) in [6, 6.07) is 21.0. The molecule has 3 aromatic carbocycles. The highest BCUT2D eigenvalue weighted by atomic mass is 16.5. The van der Waals surface area contributed by atoms with Gasteiger partial charge in [-0.2, -0.15) is 0 Å². The Kier molecular flexibility index (Phi) is 3.56. The maximum atomic E-state index is 12.4. The molecular weight excluding hydrogens is 262 g/mol. The Balaban J connectivity index is 1.97. The van der Waals surface area contributed by atoms with Crippen LogP contribution in [0.1, 0.15) is 10.4 Å². The smallest absolute Gasteiger partial charge is 0.259 e. The number of hydrogen-bond acceptors (Lipinski definition) is 2. The first kappa shape index (κ1) is 13.2. The molecule has 0 aromatic heterocycles. The number of carbonyl (C=O) groups is 1. The number of fused-ring (bicyclic) bond motifs is 1. The molecule has 1 N–H and O–H groups in total. The fourth-order valence-electron chi connectivity index (χ4n) is 2.36. The zero-order valence-corrected chi connectivity index (χ0v) is 11.7. The van der Waals surface area contributed by atoms with E-state index in [1.54, 1.807) is 19.2 Å². The van der Waals surface area contributed by atoms with E-state index in [2.05, 4.69) is 5.32 Å². The van der Waals surface area contributed by atoms with Gasteiger partial charge >= 0.3 is 0 Å². The van der Waals surface area contributed by atoms with Crippen LogP contribution in [0.4, 0.5) is 5.69 Å². The van der Waals surface area contributed by atoms with Crippen molar-refractivity contribution in [2.24, 2.45) is 0 Å². The molecular formula is C18H15NO2. The normalized spacial score (nSPS) is 10.3. The minimum Gasteiger partial charge on any atom is -0.496 e. The summed E-state index contributed by atoms with van der Waals surface area (Å²) in [5.41, 5.74) is 1.32. The van der Waals surface area contributed by atoms with Crippen molar-refractivity contribution in [3.8, 4) is 5.75 Å². The van der Waals surface area contributed by atoms with E-state index in [9.17, 15) is 4.79 Å². The van der Waals surface area contributed by atoms with Crippen molar-refractivity contribution in [1.82, 2.24) is 0 Å². The van der Waals surface area contributed by atoms with Gasteiger partial charge in [-0.15, -0.1) is 0 Å². The largest absolute Gasteiger partial charge is 0.496 e. The summed E-state index contributed by atoms with van der Waals surface area (Å²) in [5.74, 6) is 0.388. The molecule has 0 atom stereocenters. The molecule has 0 aliphatic heterocycles. The molecule has 0 aliphatic carbocycles. The zero-order chi connectivity index (χ0) is 14.7. The van der Waals surface area contributed by atoms with E-state index in [0.717, 1.165) is 16.5 Å². The average Bonchev–Trinajstić information content (AvgIpc) is 2.55. The third kappa shape index (κ3) is 2.58. The van der Waals surface area contributed by atoms with Gasteiger partial charge in [-0.3, -0.25) is 4.79 Å².